The van der Waals surface area contributed by atoms with E-state index in [0.29, 0.717) is 24.6 Å². The Labute approximate surface area is 235 Å². The molecule has 2 heterocycles. The van der Waals surface area contributed by atoms with Crippen LogP contribution in [0.3, 0.4) is 0 Å². The molecule has 0 amide bonds. The maximum Gasteiger partial charge on any atom is 0.142 e. The molecule has 0 radical (unpaired) electrons. The molecule has 1 fully saturated rings. The first kappa shape index (κ1) is 29.7. The van der Waals surface area contributed by atoms with Crippen molar-refractivity contribution >= 4 is 5.69 Å². The second-order valence-electron chi connectivity index (χ2n) is 10.9. The van der Waals surface area contributed by atoms with Gasteiger partial charge in [-0.05, 0) is 74.7 Å². The number of methoxy groups -OCH3 is 2. The summed E-state index contributed by atoms with van der Waals surface area (Å²) in [4.78, 5) is 4.95. The van der Waals surface area contributed by atoms with Crippen molar-refractivity contribution in [3.8, 4) is 11.5 Å². The van der Waals surface area contributed by atoms with Crippen LogP contribution in [0.2, 0.25) is 0 Å². The second kappa shape index (κ2) is 14.9. The van der Waals surface area contributed by atoms with Crippen molar-refractivity contribution in [1.29, 1.82) is 0 Å². The van der Waals surface area contributed by atoms with Crippen molar-refractivity contribution in [3.63, 3.8) is 0 Å². The van der Waals surface area contributed by atoms with Crippen LogP contribution in [0.4, 0.5) is 5.69 Å². The van der Waals surface area contributed by atoms with Crippen molar-refractivity contribution in [2.24, 2.45) is 0 Å². The highest BCUT2D eigenvalue weighted by molar-refractivity contribution is 5.61. The number of rotatable bonds is 14. The zero-order chi connectivity index (χ0) is 27.6. The number of nitrogens with one attached hydrogen (secondary N) is 1. The molecule has 216 valence electrons. The number of hydrogen-bond donors (Lipinski definition) is 1. The summed E-state index contributed by atoms with van der Waals surface area (Å²) in [5.74, 6) is 2.18. The molecule has 39 heavy (non-hydrogen) atoms. The molecule has 7 nitrogen and oxygen atoms in total. The minimum atomic E-state index is 0.100. The van der Waals surface area contributed by atoms with Crippen LogP contribution in [0.25, 0.3) is 0 Å². The van der Waals surface area contributed by atoms with Gasteiger partial charge in [0, 0.05) is 44.8 Å². The van der Waals surface area contributed by atoms with Gasteiger partial charge in [0.15, 0.2) is 0 Å². The van der Waals surface area contributed by atoms with Gasteiger partial charge in [0.25, 0.3) is 0 Å². The molecule has 4 rings (SSSR count). The minimum Gasteiger partial charge on any atom is -0.497 e. The van der Waals surface area contributed by atoms with E-state index in [1.807, 2.05) is 0 Å². The molecule has 1 saturated heterocycles. The van der Waals surface area contributed by atoms with Gasteiger partial charge in [0.2, 0.25) is 0 Å². The number of hydrogen-bond acceptors (Lipinski definition) is 7. The summed E-state index contributed by atoms with van der Waals surface area (Å²) in [5.41, 5.74) is 3.67. The third kappa shape index (κ3) is 7.88. The monoisotopic (exact) mass is 539 g/mol. The summed E-state index contributed by atoms with van der Waals surface area (Å²) in [7, 11) is 3.48. The van der Waals surface area contributed by atoms with Crippen LogP contribution in [-0.2, 0) is 16.1 Å². The fourth-order valence-corrected chi connectivity index (χ4v) is 6.17. The van der Waals surface area contributed by atoms with E-state index < -0.39 is 0 Å². The molecule has 0 bridgehead atoms. The SMILES string of the molecule is CCN(CC)[C@@H](C)C[C@H]1C[C@H](c2ccc(OC)cc2)[C@@H](OCc2ccc3c(c2)N(CCCOC)CCO3)CN1. The van der Waals surface area contributed by atoms with Gasteiger partial charge in [-0.3, -0.25) is 0 Å². The predicted octanol–water partition coefficient (Wildman–Crippen LogP) is 5.08. The Bertz CT molecular complexity index is 997. The van der Waals surface area contributed by atoms with Gasteiger partial charge >= 0.3 is 0 Å². The molecular weight excluding hydrogens is 490 g/mol. The first-order valence-electron chi connectivity index (χ1n) is 14.8. The quantitative estimate of drug-likeness (QED) is 0.336. The van der Waals surface area contributed by atoms with Crippen LogP contribution in [0.15, 0.2) is 42.5 Å². The molecule has 2 aromatic rings. The summed E-state index contributed by atoms with van der Waals surface area (Å²) in [6.07, 6.45) is 3.31. The molecule has 1 N–H and O–H groups in total. The van der Waals surface area contributed by atoms with Gasteiger partial charge in [-0.1, -0.05) is 32.0 Å². The van der Waals surface area contributed by atoms with Crippen LogP contribution in [-0.4, -0.2) is 83.2 Å². The topological polar surface area (TPSA) is 55.4 Å². The van der Waals surface area contributed by atoms with Crippen molar-refractivity contribution < 1.29 is 18.9 Å². The molecule has 0 spiro atoms. The summed E-state index contributed by atoms with van der Waals surface area (Å²) in [5, 5.41) is 3.83. The van der Waals surface area contributed by atoms with E-state index in [2.05, 4.69) is 78.4 Å². The molecular formula is C32H49N3O4. The molecule has 2 aliphatic rings. The third-order valence-corrected chi connectivity index (χ3v) is 8.42. The van der Waals surface area contributed by atoms with Crippen LogP contribution in [0.5, 0.6) is 11.5 Å². The lowest BCUT2D eigenvalue weighted by Gasteiger charge is -2.39. The zero-order valence-electron chi connectivity index (χ0n) is 24.7. The Morgan fingerprint density at radius 1 is 1.10 bits per heavy atom. The summed E-state index contributed by atoms with van der Waals surface area (Å²) >= 11 is 0. The average molecular weight is 540 g/mol. The van der Waals surface area contributed by atoms with Gasteiger partial charge in [-0.25, -0.2) is 0 Å². The fourth-order valence-electron chi connectivity index (χ4n) is 6.17. The molecule has 2 aromatic carbocycles. The molecule has 0 saturated carbocycles. The molecule has 2 aliphatic heterocycles. The highest BCUT2D eigenvalue weighted by Crippen LogP contribution is 2.35. The standard InChI is InChI=1S/C32H49N3O4/c1-6-34(7-2)24(3)19-27-21-29(26-10-12-28(37-5)13-11-26)32(22-33-27)39-23-25-9-14-31-30(20-25)35(16-18-38-31)15-8-17-36-4/h9-14,20,24,27,29,32-33H,6-8,15-19,21-23H2,1-5H3/t24-,27-,29+,32-/m0/s1. The normalized spacial score (nSPS) is 21.9. The molecule has 0 unspecified atom stereocenters. The summed E-state index contributed by atoms with van der Waals surface area (Å²) in [6.45, 7) is 13.8. The lowest BCUT2D eigenvalue weighted by Crippen LogP contribution is -2.49. The Balaban J connectivity index is 1.45. The number of piperidine rings is 1. The average Bonchev–Trinajstić information content (AvgIpc) is 2.97. The van der Waals surface area contributed by atoms with Crippen LogP contribution in [0, 0.1) is 0 Å². The number of ether oxygens (including phenoxy) is 4. The minimum absolute atomic E-state index is 0.100. The van der Waals surface area contributed by atoms with E-state index in [-0.39, 0.29) is 6.10 Å². The van der Waals surface area contributed by atoms with E-state index in [0.717, 1.165) is 82.4 Å². The van der Waals surface area contributed by atoms with E-state index >= 15 is 0 Å². The third-order valence-electron chi connectivity index (χ3n) is 8.42. The molecule has 4 atom stereocenters. The lowest BCUT2D eigenvalue weighted by molar-refractivity contribution is 0.000312. The van der Waals surface area contributed by atoms with Gasteiger partial charge in [-0.15, -0.1) is 0 Å². The van der Waals surface area contributed by atoms with E-state index in [1.165, 1.54) is 11.1 Å². The predicted molar refractivity (Wildman–Crippen MR) is 158 cm³/mol. The maximum absolute atomic E-state index is 6.68. The first-order chi connectivity index (χ1) is 19.1. The Kier molecular flexibility index (Phi) is 11.3. The van der Waals surface area contributed by atoms with Crippen molar-refractivity contribution in [2.75, 3.05) is 65.1 Å². The van der Waals surface area contributed by atoms with Crippen molar-refractivity contribution in [2.45, 2.75) is 70.7 Å². The fraction of sp³-hybridized carbons (Fsp3) is 0.625. The second-order valence-corrected chi connectivity index (χ2v) is 10.9. The number of benzene rings is 2. The number of fused-ring (bicyclic) bond motifs is 1. The van der Waals surface area contributed by atoms with E-state index in [4.69, 9.17) is 18.9 Å². The summed E-state index contributed by atoms with van der Waals surface area (Å²) < 4.78 is 23.3. The van der Waals surface area contributed by atoms with Gasteiger partial charge in [-0.2, -0.15) is 0 Å². The Hall–Kier alpha value is -2.32. The van der Waals surface area contributed by atoms with E-state index in [1.54, 1.807) is 14.2 Å². The highest BCUT2D eigenvalue weighted by Gasteiger charge is 2.33. The van der Waals surface area contributed by atoms with Gasteiger partial charge in [0.1, 0.15) is 18.1 Å². The highest BCUT2D eigenvalue weighted by atomic mass is 16.5. The molecule has 0 aliphatic carbocycles. The Morgan fingerprint density at radius 3 is 2.62 bits per heavy atom. The Morgan fingerprint density at radius 2 is 1.90 bits per heavy atom. The van der Waals surface area contributed by atoms with E-state index in [9.17, 15) is 0 Å². The molecule has 0 aromatic heterocycles. The van der Waals surface area contributed by atoms with Gasteiger partial charge < -0.3 is 34.1 Å². The first-order valence-corrected chi connectivity index (χ1v) is 14.8. The lowest BCUT2D eigenvalue weighted by atomic mass is 9.82. The molecule has 7 heteroatoms. The van der Waals surface area contributed by atoms with Crippen molar-refractivity contribution in [1.82, 2.24) is 10.2 Å². The maximum atomic E-state index is 6.68. The van der Waals surface area contributed by atoms with Crippen molar-refractivity contribution in [3.05, 3.63) is 53.6 Å². The summed E-state index contributed by atoms with van der Waals surface area (Å²) in [6, 6.07) is 16.1. The van der Waals surface area contributed by atoms with Crippen LogP contribution < -0.4 is 19.7 Å². The van der Waals surface area contributed by atoms with Gasteiger partial charge in [0.05, 0.1) is 32.1 Å². The largest absolute Gasteiger partial charge is 0.497 e. The van der Waals surface area contributed by atoms with Crippen LogP contribution in [0.1, 0.15) is 57.1 Å². The number of anilines is 1. The smallest absolute Gasteiger partial charge is 0.142 e. The zero-order valence-corrected chi connectivity index (χ0v) is 24.7. The van der Waals surface area contributed by atoms with Crippen LogP contribution >= 0.6 is 0 Å². The number of nitrogens with zero attached hydrogens (tertiary/aromatic N) is 2.